The van der Waals surface area contributed by atoms with E-state index in [9.17, 15) is 0 Å². The fraction of sp³-hybridized carbons (Fsp3) is 0.625. The van der Waals surface area contributed by atoms with Gasteiger partial charge >= 0.3 is 0 Å². The molecule has 0 aromatic heterocycles. The number of hydrogen-bond acceptors (Lipinski definition) is 1. The largest absolute Gasteiger partial charge is 0.310 e. The van der Waals surface area contributed by atoms with Crippen LogP contribution in [0.15, 0.2) is 16.6 Å². The van der Waals surface area contributed by atoms with E-state index in [1.54, 1.807) is 0 Å². The Morgan fingerprint density at radius 1 is 1.06 bits per heavy atom. The summed E-state index contributed by atoms with van der Waals surface area (Å²) < 4.78 is 1.21. The zero-order valence-corrected chi connectivity index (χ0v) is 13.9. The first-order chi connectivity index (χ1) is 8.54. The molecule has 102 valence electrons. The van der Waals surface area contributed by atoms with Crippen LogP contribution in [0.4, 0.5) is 0 Å². The zero-order chi connectivity index (χ0) is 13.7. The standard InChI is InChI=1S/C16H26BrN/c1-6-13(7-2)16(18-8-3)14-9-12(5)15(17)10-11(14)4/h9-10,13,16,18H,6-8H2,1-5H3. The molecule has 1 N–H and O–H groups in total. The summed E-state index contributed by atoms with van der Waals surface area (Å²) in [6.45, 7) is 12.2. The van der Waals surface area contributed by atoms with Gasteiger partial charge in [-0.05, 0) is 49.1 Å². The summed E-state index contributed by atoms with van der Waals surface area (Å²) in [5.74, 6) is 0.712. The van der Waals surface area contributed by atoms with Gasteiger partial charge in [0, 0.05) is 10.5 Å². The van der Waals surface area contributed by atoms with Crippen molar-refractivity contribution in [3.05, 3.63) is 33.3 Å². The number of benzene rings is 1. The lowest BCUT2D eigenvalue weighted by molar-refractivity contribution is 0.345. The molecule has 1 nitrogen and oxygen atoms in total. The van der Waals surface area contributed by atoms with E-state index in [-0.39, 0.29) is 0 Å². The molecule has 1 aromatic rings. The topological polar surface area (TPSA) is 12.0 Å². The molecule has 0 heterocycles. The van der Waals surface area contributed by atoms with Crippen molar-refractivity contribution in [2.75, 3.05) is 6.54 Å². The number of rotatable bonds is 6. The second kappa shape index (κ2) is 7.30. The first kappa shape index (κ1) is 15.7. The van der Waals surface area contributed by atoms with E-state index in [2.05, 4.69) is 68.0 Å². The Kier molecular flexibility index (Phi) is 6.37. The minimum Gasteiger partial charge on any atom is -0.310 e. The second-order valence-electron chi connectivity index (χ2n) is 5.07. The molecule has 0 saturated carbocycles. The van der Waals surface area contributed by atoms with Crippen molar-refractivity contribution in [1.29, 1.82) is 0 Å². The number of hydrogen-bond donors (Lipinski definition) is 1. The average Bonchev–Trinajstić information content (AvgIpc) is 2.34. The fourth-order valence-corrected chi connectivity index (χ4v) is 3.11. The smallest absolute Gasteiger partial charge is 0.0351 e. The number of nitrogens with one attached hydrogen (secondary N) is 1. The molecule has 1 atom stereocenters. The van der Waals surface area contributed by atoms with Crippen LogP contribution in [0, 0.1) is 19.8 Å². The molecular weight excluding hydrogens is 286 g/mol. The van der Waals surface area contributed by atoms with E-state index in [0.717, 1.165) is 6.54 Å². The molecule has 0 aliphatic rings. The van der Waals surface area contributed by atoms with Crippen molar-refractivity contribution in [3.63, 3.8) is 0 Å². The molecule has 1 rings (SSSR count). The normalized spacial score (nSPS) is 13.1. The Bertz CT molecular complexity index is 383. The van der Waals surface area contributed by atoms with Gasteiger partial charge < -0.3 is 5.32 Å². The Labute approximate surface area is 120 Å². The molecule has 0 radical (unpaired) electrons. The molecule has 0 fully saturated rings. The third-order valence-corrected chi connectivity index (χ3v) is 4.68. The summed E-state index contributed by atoms with van der Waals surface area (Å²) in [4.78, 5) is 0. The van der Waals surface area contributed by atoms with Crippen molar-refractivity contribution in [2.45, 2.75) is 53.5 Å². The van der Waals surface area contributed by atoms with Gasteiger partial charge in [0.15, 0.2) is 0 Å². The van der Waals surface area contributed by atoms with E-state index in [0.29, 0.717) is 12.0 Å². The van der Waals surface area contributed by atoms with Crippen LogP contribution < -0.4 is 5.32 Å². The van der Waals surface area contributed by atoms with Gasteiger partial charge in [-0.15, -0.1) is 0 Å². The van der Waals surface area contributed by atoms with Gasteiger partial charge in [0.1, 0.15) is 0 Å². The van der Waals surface area contributed by atoms with Crippen LogP contribution in [0.1, 0.15) is 56.3 Å². The van der Waals surface area contributed by atoms with Crippen LogP contribution in [0.2, 0.25) is 0 Å². The van der Waals surface area contributed by atoms with Gasteiger partial charge in [-0.25, -0.2) is 0 Å². The van der Waals surface area contributed by atoms with Crippen LogP contribution in [-0.4, -0.2) is 6.54 Å². The van der Waals surface area contributed by atoms with Crippen molar-refractivity contribution in [1.82, 2.24) is 5.32 Å². The van der Waals surface area contributed by atoms with Gasteiger partial charge in [0.25, 0.3) is 0 Å². The summed E-state index contributed by atoms with van der Waals surface area (Å²) in [5, 5.41) is 3.67. The zero-order valence-electron chi connectivity index (χ0n) is 12.3. The SMILES string of the molecule is CCNC(c1cc(C)c(Br)cc1C)C(CC)CC. The van der Waals surface area contributed by atoms with Crippen molar-refractivity contribution in [2.24, 2.45) is 5.92 Å². The van der Waals surface area contributed by atoms with Gasteiger partial charge in [0.05, 0.1) is 0 Å². The molecule has 1 unspecified atom stereocenters. The molecular formula is C16H26BrN. The van der Waals surface area contributed by atoms with Gasteiger partial charge in [0.2, 0.25) is 0 Å². The highest BCUT2D eigenvalue weighted by molar-refractivity contribution is 9.10. The summed E-state index contributed by atoms with van der Waals surface area (Å²) in [6, 6.07) is 5.07. The highest BCUT2D eigenvalue weighted by Crippen LogP contribution is 2.32. The maximum atomic E-state index is 3.67. The Hall–Kier alpha value is -0.340. The molecule has 2 heteroatoms. The van der Waals surface area contributed by atoms with E-state index in [1.807, 2.05) is 0 Å². The highest BCUT2D eigenvalue weighted by atomic mass is 79.9. The number of halogens is 1. The van der Waals surface area contributed by atoms with E-state index in [1.165, 1.54) is 34.0 Å². The predicted molar refractivity (Wildman–Crippen MR) is 84.1 cm³/mol. The summed E-state index contributed by atoms with van der Waals surface area (Å²) in [6.07, 6.45) is 2.45. The summed E-state index contributed by atoms with van der Waals surface area (Å²) in [7, 11) is 0. The highest BCUT2D eigenvalue weighted by Gasteiger charge is 2.21. The minimum absolute atomic E-state index is 0.483. The lowest BCUT2D eigenvalue weighted by Gasteiger charge is -2.28. The van der Waals surface area contributed by atoms with Crippen LogP contribution in [0.3, 0.4) is 0 Å². The summed E-state index contributed by atoms with van der Waals surface area (Å²) in [5.41, 5.74) is 4.17. The van der Waals surface area contributed by atoms with Crippen LogP contribution in [-0.2, 0) is 0 Å². The number of aryl methyl sites for hydroxylation is 2. The molecule has 0 saturated heterocycles. The molecule has 0 spiro atoms. The molecule has 0 amide bonds. The van der Waals surface area contributed by atoms with Crippen LogP contribution >= 0.6 is 15.9 Å². The van der Waals surface area contributed by atoms with Crippen LogP contribution in [0.5, 0.6) is 0 Å². The van der Waals surface area contributed by atoms with E-state index >= 15 is 0 Å². The molecule has 1 aromatic carbocycles. The first-order valence-corrected chi connectivity index (χ1v) is 7.84. The van der Waals surface area contributed by atoms with Gasteiger partial charge in [-0.2, -0.15) is 0 Å². The molecule has 0 aliphatic heterocycles. The lowest BCUT2D eigenvalue weighted by Crippen LogP contribution is -2.28. The average molecular weight is 312 g/mol. The minimum atomic E-state index is 0.483. The molecule has 0 bridgehead atoms. The van der Waals surface area contributed by atoms with Crippen molar-refractivity contribution in [3.8, 4) is 0 Å². The third kappa shape index (κ3) is 3.58. The van der Waals surface area contributed by atoms with E-state index in [4.69, 9.17) is 0 Å². The molecule has 0 aliphatic carbocycles. The molecule has 18 heavy (non-hydrogen) atoms. The maximum Gasteiger partial charge on any atom is 0.0351 e. The third-order valence-electron chi connectivity index (χ3n) is 3.83. The Balaban J connectivity index is 3.16. The van der Waals surface area contributed by atoms with Gasteiger partial charge in [-0.1, -0.05) is 55.6 Å². The first-order valence-electron chi connectivity index (χ1n) is 7.05. The second-order valence-corrected chi connectivity index (χ2v) is 5.92. The predicted octanol–water partition coefficient (Wildman–Crippen LogP) is 5.15. The monoisotopic (exact) mass is 311 g/mol. The van der Waals surface area contributed by atoms with E-state index < -0.39 is 0 Å². The van der Waals surface area contributed by atoms with Gasteiger partial charge in [-0.3, -0.25) is 0 Å². The van der Waals surface area contributed by atoms with Crippen molar-refractivity contribution < 1.29 is 0 Å². The Morgan fingerprint density at radius 3 is 2.17 bits per heavy atom. The fourth-order valence-electron chi connectivity index (χ4n) is 2.65. The summed E-state index contributed by atoms with van der Waals surface area (Å²) >= 11 is 3.62. The Morgan fingerprint density at radius 2 is 1.67 bits per heavy atom. The van der Waals surface area contributed by atoms with Crippen molar-refractivity contribution >= 4 is 15.9 Å². The van der Waals surface area contributed by atoms with Crippen LogP contribution in [0.25, 0.3) is 0 Å². The lowest BCUT2D eigenvalue weighted by atomic mass is 9.86. The maximum absolute atomic E-state index is 3.67. The quantitative estimate of drug-likeness (QED) is 0.765.